The van der Waals surface area contributed by atoms with Gasteiger partial charge >= 0.3 is 0 Å². The van der Waals surface area contributed by atoms with Crippen LogP contribution in [0.5, 0.6) is 0 Å². The van der Waals surface area contributed by atoms with Crippen LogP contribution < -0.4 is 10.2 Å². The Hall–Kier alpha value is -2.12. The second kappa shape index (κ2) is 6.25. The number of aliphatic hydroxyl groups is 1. The fraction of sp³-hybridized carbons (Fsp3) is 0.579. The topological polar surface area (TPSA) is 84.5 Å². The van der Waals surface area contributed by atoms with Gasteiger partial charge in [-0.2, -0.15) is 5.10 Å². The first kappa shape index (κ1) is 16.1. The zero-order valence-electron chi connectivity index (χ0n) is 14.8. The maximum atomic E-state index is 12.9. The maximum absolute atomic E-state index is 12.9. The Balaban J connectivity index is 1.38. The van der Waals surface area contributed by atoms with Gasteiger partial charge in [0.05, 0.1) is 11.6 Å². The first-order chi connectivity index (χ1) is 12.7. The lowest BCUT2D eigenvalue weighted by molar-refractivity contribution is 0.0618. The van der Waals surface area contributed by atoms with Crippen LogP contribution >= 0.6 is 0 Å². The third-order valence-electron chi connectivity index (χ3n) is 6.26. The number of rotatable bonds is 3. The highest BCUT2D eigenvalue weighted by atomic mass is 16.3. The van der Waals surface area contributed by atoms with E-state index in [1.807, 2.05) is 18.2 Å². The van der Waals surface area contributed by atoms with Crippen LogP contribution in [0.15, 0.2) is 18.2 Å². The van der Waals surface area contributed by atoms with Gasteiger partial charge in [0.15, 0.2) is 5.69 Å². The van der Waals surface area contributed by atoms with Crippen LogP contribution in [-0.2, 0) is 0 Å². The quantitative estimate of drug-likeness (QED) is 0.764. The molecule has 1 unspecified atom stereocenters. The average molecular weight is 355 g/mol. The fourth-order valence-electron chi connectivity index (χ4n) is 4.71. The number of aromatic amines is 1. The van der Waals surface area contributed by atoms with Crippen molar-refractivity contribution in [3.63, 3.8) is 0 Å². The number of carbonyl (C=O) groups excluding carboxylic acids is 1. The van der Waals surface area contributed by atoms with E-state index in [2.05, 4.69) is 25.3 Å². The summed E-state index contributed by atoms with van der Waals surface area (Å²) in [6, 6.07) is 6.23. The van der Waals surface area contributed by atoms with E-state index in [0.29, 0.717) is 18.2 Å². The summed E-state index contributed by atoms with van der Waals surface area (Å²) >= 11 is 0. The number of hydrogen-bond donors (Lipinski definition) is 3. The molecule has 1 aromatic heterocycles. The van der Waals surface area contributed by atoms with Crippen molar-refractivity contribution in [2.75, 3.05) is 37.6 Å². The van der Waals surface area contributed by atoms with E-state index in [9.17, 15) is 9.90 Å². The highest BCUT2D eigenvalue weighted by Gasteiger charge is 2.35. The molecule has 4 aliphatic rings. The molecule has 1 amide bonds. The number of nitrogens with one attached hydrogen (secondary N) is 2. The van der Waals surface area contributed by atoms with E-state index >= 15 is 0 Å². The van der Waals surface area contributed by atoms with E-state index in [-0.39, 0.29) is 18.1 Å². The van der Waals surface area contributed by atoms with Crippen molar-refractivity contribution in [3.05, 3.63) is 23.9 Å². The fourth-order valence-corrected chi connectivity index (χ4v) is 4.71. The van der Waals surface area contributed by atoms with Crippen LogP contribution in [0.25, 0.3) is 10.9 Å². The van der Waals surface area contributed by atoms with Crippen LogP contribution in [0, 0.1) is 5.92 Å². The molecule has 7 heteroatoms. The number of carbonyl (C=O) groups is 1. The van der Waals surface area contributed by atoms with Gasteiger partial charge in [0.2, 0.25) is 0 Å². The normalized spacial score (nSPS) is 30.9. The minimum Gasteiger partial charge on any atom is -0.391 e. The summed E-state index contributed by atoms with van der Waals surface area (Å²) in [6.07, 6.45) is 2.87. The molecule has 4 saturated heterocycles. The molecule has 1 aromatic carbocycles. The Morgan fingerprint density at radius 2 is 2.04 bits per heavy atom. The Morgan fingerprint density at radius 1 is 1.19 bits per heavy atom. The molecule has 0 radical (unpaired) electrons. The summed E-state index contributed by atoms with van der Waals surface area (Å²) < 4.78 is 0. The standard InChI is InChI=1S/C19H25N5O2/c25-14-5-8-24(10-14)13-1-2-16-15(9-13)18(22-21-16)19(26)20-17-11-23-6-3-12(17)4-7-23/h1-2,9,12,14,17,25H,3-8,10-11H2,(H,20,26)(H,21,22)/t14?,17-/m1/s1. The molecular formula is C19H25N5O2. The summed E-state index contributed by atoms with van der Waals surface area (Å²) in [7, 11) is 0. The molecule has 6 rings (SSSR count). The number of β-amino-alcohol motifs (C(OH)–C–C–N with tert-alkyl or cyclic N) is 1. The van der Waals surface area contributed by atoms with Gasteiger partial charge in [0.1, 0.15) is 0 Å². The maximum Gasteiger partial charge on any atom is 0.272 e. The number of H-pyrrole nitrogens is 1. The zero-order chi connectivity index (χ0) is 17.7. The monoisotopic (exact) mass is 355 g/mol. The third kappa shape index (κ3) is 2.75. The molecule has 5 heterocycles. The van der Waals surface area contributed by atoms with Crippen LogP contribution in [0.2, 0.25) is 0 Å². The molecule has 7 nitrogen and oxygen atoms in total. The van der Waals surface area contributed by atoms with Crippen LogP contribution in [0.4, 0.5) is 5.69 Å². The SMILES string of the molecule is O=C(N[C@@H]1CN2CCC1CC2)c1n[nH]c2ccc(N3CCC(O)C3)cc12. The molecule has 0 saturated carbocycles. The third-order valence-corrected chi connectivity index (χ3v) is 6.26. The highest BCUT2D eigenvalue weighted by molar-refractivity contribution is 6.05. The summed E-state index contributed by atoms with van der Waals surface area (Å²) in [4.78, 5) is 17.5. The van der Waals surface area contributed by atoms with Crippen molar-refractivity contribution >= 4 is 22.5 Å². The molecule has 0 aliphatic carbocycles. The van der Waals surface area contributed by atoms with Gasteiger partial charge in [0.25, 0.3) is 5.91 Å². The average Bonchev–Trinajstić information content (AvgIpc) is 3.28. The molecule has 3 N–H and O–H groups in total. The number of aliphatic hydroxyl groups excluding tert-OH is 1. The Labute approximate surface area is 152 Å². The van der Waals surface area contributed by atoms with Gasteiger partial charge in [-0.1, -0.05) is 0 Å². The predicted molar refractivity (Wildman–Crippen MR) is 99.3 cm³/mol. The van der Waals surface area contributed by atoms with Gasteiger partial charge in [-0.15, -0.1) is 0 Å². The summed E-state index contributed by atoms with van der Waals surface area (Å²) in [6.45, 7) is 4.76. The number of hydrogen-bond acceptors (Lipinski definition) is 5. The smallest absolute Gasteiger partial charge is 0.272 e. The Morgan fingerprint density at radius 3 is 2.73 bits per heavy atom. The molecule has 4 aliphatic heterocycles. The van der Waals surface area contributed by atoms with Crippen molar-refractivity contribution in [2.45, 2.75) is 31.4 Å². The van der Waals surface area contributed by atoms with Crippen LogP contribution in [0.1, 0.15) is 29.8 Å². The lowest BCUT2D eigenvalue weighted by atomic mass is 9.84. The van der Waals surface area contributed by atoms with Crippen molar-refractivity contribution in [3.8, 4) is 0 Å². The van der Waals surface area contributed by atoms with Gasteiger partial charge in [-0.25, -0.2) is 0 Å². The minimum atomic E-state index is -0.269. The molecular weight excluding hydrogens is 330 g/mol. The lowest BCUT2D eigenvalue weighted by Gasteiger charge is -2.44. The molecule has 2 aromatic rings. The first-order valence-electron chi connectivity index (χ1n) is 9.62. The summed E-state index contributed by atoms with van der Waals surface area (Å²) in [5, 5.41) is 21.1. The Bertz CT molecular complexity index is 826. The number of aromatic nitrogens is 2. The Kier molecular flexibility index (Phi) is 3.86. The summed E-state index contributed by atoms with van der Waals surface area (Å²) in [5.74, 6) is 0.504. The van der Waals surface area contributed by atoms with Gasteiger partial charge in [-0.05, 0) is 56.5 Å². The van der Waals surface area contributed by atoms with Gasteiger partial charge in [-0.3, -0.25) is 9.89 Å². The number of anilines is 1. The zero-order valence-corrected chi connectivity index (χ0v) is 14.8. The van der Waals surface area contributed by atoms with Gasteiger partial charge in [0, 0.05) is 36.7 Å². The highest BCUT2D eigenvalue weighted by Crippen LogP contribution is 2.29. The molecule has 4 fully saturated rings. The molecule has 0 spiro atoms. The molecule has 26 heavy (non-hydrogen) atoms. The summed E-state index contributed by atoms with van der Waals surface area (Å²) in [5.41, 5.74) is 2.37. The number of benzene rings is 1. The van der Waals surface area contributed by atoms with Crippen molar-refractivity contribution < 1.29 is 9.90 Å². The van der Waals surface area contributed by atoms with Crippen LogP contribution in [-0.4, -0.2) is 71.0 Å². The van der Waals surface area contributed by atoms with E-state index in [1.165, 1.54) is 12.8 Å². The molecule has 2 atom stereocenters. The van der Waals surface area contributed by atoms with E-state index in [0.717, 1.165) is 49.2 Å². The largest absolute Gasteiger partial charge is 0.391 e. The van der Waals surface area contributed by atoms with Crippen LogP contribution in [0.3, 0.4) is 0 Å². The number of amides is 1. The van der Waals surface area contributed by atoms with E-state index in [4.69, 9.17) is 0 Å². The molecule has 2 bridgehead atoms. The van der Waals surface area contributed by atoms with Crippen molar-refractivity contribution in [2.24, 2.45) is 5.92 Å². The first-order valence-corrected chi connectivity index (χ1v) is 9.62. The number of nitrogens with zero attached hydrogens (tertiary/aromatic N) is 3. The predicted octanol–water partition coefficient (Wildman–Crippen LogP) is 0.958. The van der Waals surface area contributed by atoms with E-state index in [1.54, 1.807) is 0 Å². The lowest BCUT2D eigenvalue weighted by Crippen LogP contribution is -2.57. The van der Waals surface area contributed by atoms with E-state index < -0.39 is 0 Å². The van der Waals surface area contributed by atoms with Crippen molar-refractivity contribution in [1.29, 1.82) is 0 Å². The molecule has 138 valence electrons. The second-order valence-corrected chi connectivity index (χ2v) is 7.91. The van der Waals surface area contributed by atoms with Crippen molar-refractivity contribution in [1.82, 2.24) is 20.4 Å². The van der Waals surface area contributed by atoms with Gasteiger partial charge < -0.3 is 20.2 Å². The minimum absolute atomic E-state index is 0.0893. The number of piperidine rings is 3. The number of fused-ring (bicyclic) bond motifs is 4. The second-order valence-electron chi connectivity index (χ2n) is 7.91.